The Morgan fingerprint density at radius 2 is 0.852 bits per heavy atom. The van der Waals surface area contributed by atoms with E-state index in [0.717, 1.165) is 22.7 Å². The van der Waals surface area contributed by atoms with Gasteiger partial charge in [-0.1, -0.05) is 146 Å². The zero-order valence-corrected chi connectivity index (χ0v) is 29.7. The van der Waals surface area contributed by atoms with Crippen LogP contribution in [0.15, 0.2) is 218 Å². The van der Waals surface area contributed by atoms with Gasteiger partial charge in [-0.15, -0.1) is 0 Å². The summed E-state index contributed by atoms with van der Waals surface area (Å²) in [6.07, 6.45) is 0. The molecular formula is C52H36N2. The average molecular weight is 689 g/mol. The molecule has 1 aromatic heterocycles. The summed E-state index contributed by atoms with van der Waals surface area (Å²) in [6.45, 7) is 0. The highest BCUT2D eigenvalue weighted by molar-refractivity contribution is 6.16. The van der Waals surface area contributed by atoms with Gasteiger partial charge in [-0.2, -0.15) is 0 Å². The molecule has 0 atom stereocenters. The van der Waals surface area contributed by atoms with E-state index < -0.39 is 0 Å². The van der Waals surface area contributed by atoms with Crippen LogP contribution in [0.2, 0.25) is 0 Å². The molecule has 10 aromatic rings. The summed E-state index contributed by atoms with van der Waals surface area (Å²) in [7, 11) is 0. The van der Waals surface area contributed by atoms with Crippen molar-refractivity contribution in [2.45, 2.75) is 0 Å². The normalized spacial score (nSPS) is 11.3. The predicted octanol–water partition coefficient (Wildman–Crippen LogP) is 14.4. The molecule has 0 unspecified atom stereocenters. The standard InChI is InChI=1S/C52H36N2/c1-5-14-37(15-6-1)38-26-30-46(31-27-38)53(44-18-9-3-10-19-44)47-32-28-41-34-40(24-25-42(41)35-47)43-29-33-50-49(36-43)52-48(39-16-7-2-8-17-39)22-13-23-51(52)54(50)45-20-11-4-12-21-45/h1-36H. The molecular weight excluding hydrogens is 653 g/mol. The van der Waals surface area contributed by atoms with Crippen molar-refractivity contribution < 1.29 is 0 Å². The zero-order chi connectivity index (χ0) is 35.8. The maximum absolute atomic E-state index is 2.40. The van der Waals surface area contributed by atoms with Crippen LogP contribution < -0.4 is 4.90 Å². The van der Waals surface area contributed by atoms with Crippen LogP contribution in [0, 0.1) is 0 Å². The number of anilines is 3. The van der Waals surface area contributed by atoms with E-state index in [2.05, 4.69) is 228 Å². The first-order valence-electron chi connectivity index (χ1n) is 18.5. The minimum absolute atomic E-state index is 1.12. The van der Waals surface area contributed by atoms with Gasteiger partial charge in [-0.05, 0) is 117 Å². The van der Waals surface area contributed by atoms with Crippen molar-refractivity contribution in [2.75, 3.05) is 4.90 Å². The molecule has 0 radical (unpaired) electrons. The lowest BCUT2D eigenvalue weighted by Crippen LogP contribution is -2.09. The minimum Gasteiger partial charge on any atom is -0.310 e. The monoisotopic (exact) mass is 688 g/mol. The maximum atomic E-state index is 2.40. The fourth-order valence-electron chi connectivity index (χ4n) is 7.97. The first-order valence-corrected chi connectivity index (χ1v) is 18.5. The van der Waals surface area contributed by atoms with Crippen LogP contribution in [-0.4, -0.2) is 4.57 Å². The molecule has 2 nitrogen and oxygen atoms in total. The molecule has 0 aliphatic carbocycles. The third-order valence-corrected chi connectivity index (χ3v) is 10.6. The second kappa shape index (κ2) is 13.4. The van der Waals surface area contributed by atoms with E-state index >= 15 is 0 Å². The quantitative estimate of drug-likeness (QED) is 0.162. The molecule has 54 heavy (non-hydrogen) atoms. The largest absolute Gasteiger partial charge is 0.310 e. The first kappa shape index (κ1) is 31.6. The van der Waals surface area contributed by atoms with Crippen LogP contribution in [-0.2, 0) is 0 Å². The van der Waals surface area contributed by atoms with Crippen LogP contribution >= 0.6 is 0 Å². The summed E-state index contributed by atoms with van der Waals surface area (Å²) >= 11 is 0. The number of rotatable bonds is 7. The third kappa shape index (κ3) is 5.62. The third-order valence-electron chi connectivity index (χ3n) is 10.6. The molecule has 1 heterocycles. The minimum atomic E-state index is 1.12. The van der Waals surface area contributed by atoms with Gasteiger partial charge in [-0.3, -0.25) is 0 Å². The van der Waals surface area contributed by atoms with E-state index in [1.54, 1.807) is 0 Å². The molecule has 0 bridgehead atoms. The van der Waals surface area contributed by atoms with Gasteiger partial charge in [0.2, 0.25) is 0 Å². The molecule has 0 spiro atoms. The van der Waals surface area contributed by atoms with Crippen LogP contribution in [0.4, 0.5) is 17.1 Å². The number of para-hydroxylation sites is 2. The van der Waals surface area contributed by atoms with Crippen molar-refractivity contribution in [2.24, 2.45) is 0 Å². The smallest absolute Gasteiger partial charge is 0.0547 e. The van der Waals surface area contributed by atoms with Crippen molar-refractivity contribution >= 4 is 49.6 Å². The summed E-state index contributed by atoms with van der Waals surface area (Å²) in [5.74, 6) is 0. The Morgan fingerprint density at radius 3 is 1.59 bits per heavy atom. The highest BCUT2D eigenvalue weighted by atomic mass is 15.1. The van der Waals surface area contributed by atoms with Crippen molar-refractivity contribution in [1.29, 1.82) is 0 Å². The van der Waals surface area contributed by atoms with Crippen molar-refractivity contribution in [3.05, 3.63) is 218 Å². The van der Waals surface area contributed by atoms with Crippen molar-refractivity contribution in [3.8, 4) is 39.1 Å². The Hall–Kier alpha value is -7.16. The van der Waals surface area contributed by atoms with Crippen LogP contribution in [0.5, 0.6) is 0 Å². The Kier molecular flexibility index (Phi) is 7.85. The highest BCUT2D eigenvalue weighted by Crippen LogP contribution is 2.41. The molecule has 2 heteroatoms. The Balaban J connectivity index is 1.07. The highest BCUT2D eigenvalue weighted by Gasteiger charge is 2.18. The molecule has 0 N–H and O–H groups in total. The van der Waals surface area contributed by atoms with Crippen molar-refractivity contribution in [3.63, 3.8) is 0 Å². The Morgan fingerprint density at radius 1 is 0.315 bits per heavy atom. The van der Waals surface area contributed by atoms with E-state index in [1.807, 2.05) is 0 Å². The van der Waals surface area contributed by atoms with Gasteiger partial charge in [0.1, 0.15) is 0 Å². The van der Waals surface area contributed by atoms with Gasteiger partial charge in [0.05, 0.1) is 11.0 Å². The number of nitrogens with zero attached hydrogens (tertiary/aromatic N) is 2. The molecule has 0 saturated carbocycles. The number of benzene rings is 9. The summed E-state index contributed by atoms with van der Waals surface area (Å²) < 4.78 is 2.40. The number of aromatic nitrogens is 1. The van der Waals surface area contributed by atoms with Gasteiger partial charge in [0.15, 0.2) is 0 Å². The van der Waals surface area contributed by atoms with E-state index in [4.69, 9.17) is 0 Å². The van der Waals surface area contributed by atoms with Crippen molar-refractivity contribution in [1.82, 2.24) is 4.57 Å². The number of hydrogen-bond acceptors (Lipinski definition) is 1. The van der Waals surface area contributed by atoms with Crippen LogP contribution in [0.1, 0.15) is 0 Å². The Bertz CT molecular complexity index is 2890. The SMILES string of the molecule is c1ccc(-c2ccc(N(c3ccccc3)c3ccc4cc(-c5ccc6c(c5)c5c(-c7ccccc7)cccc5n6-c5ccccc5)ccc4c3)cc2)cc1. The van der Waals surface area contributed by atoms with E-state index in [-0.39, 0.29) is 0 Å². The second-order valence-corrected chi connectivity index (χ2v) is 13.8. The topological polar surface area (TPSA) is 8.17 Å². The lowest BCUT2D eigenvalue weighted by Gasteiger charge is -2.26. The number of fused-ring (bicyclic) bond motifs is 4. The summed E-state index contributed by atoms with van der Waals surface area (Å²) in [4.78, 5) is 2.34. The average Bonchev–Trinajstić information content (AvgIpc) is 3.59. The fourth-order valence-corrected chi connectivity index (χ4v) is 7.97. The van der Waals surface area contributed by atoms with Crippen LogP contribution in [0.25, 0.3) is 71.6 Å². The van der Waals surface area contributed by atoms with E-state index in [9.17, 15) is 0 Å². The lowest BCUT2D eigenvalue weighted by atomic mass is 9.96. The van der Waals surface area contributed by atoms with E-state index in [0.29, 0.717) is 0 Å². The van der Waals surface area contributed by atoms with Gasteiger partial charge in [0.25, 0.3) is 0 Å². The van der Waals surface area contributed by atoms with Crippen LogP contribution in [0.3, 0.4) is 0 Å². The molecule has 0 fully saturated rings. The molecule has 0 saturated heterocycles. The molecule has 254 valence electrons. The predicted molar refractivity (Wildman–Crippen MR) is 229 cm³/mol. The van der Waals surface area contributed by atoms with Gasteiger partial charge < -0.3 is 9.47 Å². The number of hydrogen-bond donors (Lipinski definition) is 0. The first-order chi connectivity index (χ1) is 26.8. The molecule has 0 aliphatic rings. The summed E-state index contributed by atoms with van der Waals surface area (Å²) in [6, 6.07) is 78.8. The van der Waals surface area contributed by atoms with Gasteiger partial charge in [-0.25, -0.2) is 0 Å². The summed E-state index contributed by atoms with van der Waals surface area (Å²) in [5.41, 5.74) is 14.2. The second-order valence-electron chi connectivity index (χ2n) is 13.8. The molecule has 10 rings (SSSR count). The van der Waals surface area contributed by atoms with Gasteiger partial charge >= 0.3 is 0 Å². The Labute approximate surface area is 315 Å². The maximum Gasteiger partial charge on any atom is 0.0547 e. The zero-order valence-electron chi connectivity index (χ0n) is 29.7. The summed E-state index contributed by atoms with van der Waals surface area (Å²) in [5, 5.41) is 4.93. The fraction of sp³-hybridized carbons (Fsp3) is 0. The van der Waals surface area contributed by atoms with E-state index in [1.165, 1.54) is 66.0 Å². The lowest BCUT2D eigenvalue weighted by molar-refractivity contribution is 1.18. The van der Waals surface area contributed by atoms with Gasteiger partial charge in [0, 0.05) is 33.5 Å². The molecule has 0 amide bonds. The molecule has 0 aliphatic heterocycles. The molecule has 9 aromatic carbocycles.